The van der Waals surface area contributed by atoms with Crippen molar-refractivity contribution in [3.63, 3.8) is 0 Å². The Morgan fingerprint density at radius 3 is 2.35 bits per heavy atom. The lowest BCUT2D eigenvalue weighted by Crippen LogP contribution is -2.25. The Hall–Kier alpha value is -1.59. The molecule has 0 saturated carbocycles. The normalized spacial score (nSPS) is 10.7. The topological polar surface area (TPSA) is 54.0 Å². The first-order valence-corrected chi connectivity index (χ1v) is 6.67. The van der Waals surface area contributed by atoms with Crippen LogP contribution >= 0.6 is 0 Å². The lowest BCUT2D eigenvalue weighted by molar-refractivity contribution is -0.152. The first kappa shape index (κ1) is 16.5. The van der Waals surface area contributed by atoms with Gasteiger partial charge in [-0.25, -0.2) is 0 Å². The summed E-state index contributed by atoms with van der Waals surface area (Å²) in [6.45, 7) is 6.56. The number of methoxy groups -OCH3 is 1. The summed E-state index contributed by atoms with van der Waals surface area (Å²) in [6.07, 6.45) is -0.448. The van der Waals surface area contributed by atoms with Gasteiger partial charge in [0, 0.05) is 19.3 Å². The van der Waals surface area contributed by atoms with E-state index in [0.717, 1.165) is 0 Å². The van der Waals surface area contributed by atoms with Gasteiger partial charge < -0.3 is 18.9 Å². The molecule has 112 valence electrons. The van der Waals surface area contributed by atoms with Crippen LogP contribution in [0, 0.1) is 0 Å². The van der Waals surface area contributed by atoms with Crippen molar-refractivity contribution < 1.29 is 23.7 Å². The summed E-state index contributed by atoms with van der Waals surface area (Å²) in [5, 5.41) is 0. The summed E-state index contributed by atoms with van der Waals surface area (Å²) in [5.41, 5.74) is 0.512. The average Bonchev–Trinajstić information content (AvgIpc) is 2.44. The minimum atomic E-state index is -0.448. The second-order valence-electron chi connectivity index (χ2n) is 4.07. The standard InChI is InChI=1S/C15H22O5/c1-5-18-15(19-6-2)10-20-14-9-12(17-4)7-8-13(14)11(3)16/h7-9,15H,5-6,10H2,1-4H3. The van der Waals surface area contributed by atoms with E-state index in [1.165, 1.54) is 6.92 Å². The first-order valence-electron chi connectivity index (χ1n) is 6.67. The third kappa shape index (κ3) is 4.83. The Balaban J connectivity index is 2.80. The predicted molar refractivity (Wildman–Crippen MR) is 75.5 cm³/mol. The summed E-state index contributed by atoms with van der Waals surface area (Å²) in [4.78, 5) is 11.6. The molecule has 0 aliphatic rings. The van der Waals surface area contributed by atoms with Crippen LogP contribution < -0.4 is 9.47 Å². The molecule has 0 heterocycles. The molecule has 5 heteroatoms. The Morgan fingerprint density at radius 1 is 1.20 bits per heavy atom. The van der Waals surface area contributed by atoms with Crippen LogP contribution in [0.5, 0.6) is 11.5 Å². The Labute approximate surface area is 119 Å². The highest BCUT2D eigenvalue weighted by atomic mass is 16.7. The van der Waals surface area contributed by atoms with Crippen LogP contribution in [0.4, 0.5) is 0 Å². The smallest absolute Gasteiger partial charge is 0.191 e. The maximum Gasteiger partial charge on any atom is 0.191 e. The Morgan fingerprint density at radius 2 is 1.85 bits per heavy atom. The highest BCUT2D eigenvalue weighted by Crippen LogP contribution is 2.25. The minimum Gasteiger partial charge on any atom is -0.497 e. The van der Waals surface area contributed by atoms with Gasteiger partial charge in [-0.1, -0.05) is 0 Å². The monoisotopic (exact) mass is 282 g/mol. The van der Waals surface area contributed by atoms with E-state index < -0.39 is 6.29 Å². The number of carbonyl (C=O) groups is 1. The summed E-state index contributed by atoms with van der Waals surface area (Å²) >= 11 is 0. The molecule has 0 bridgehead atoms. The van der Waals surface area contributed by atoms with E-state index in [1.54, 1.807) is 25.3 Å². The summed E-state index contributed by atoms with van der Waals surface area (Å²) in [7, 11) is 1.57. The van der Waals surface area contributed by atoms with Crippen molar-refractivity contribution in [3.05, 3.63) is 23.8 Å². The van der Waals surface area contributed by atoms with Crippen LogP contribution in [0.3, 0.4) is 0 Å². The molecule has 0 spiro atoms. The van der Waals surface area contributed by atoms with E-state index in [-0.39, 0.29) is 12.4 Å². The van der Waals surface area contributed by atoms with E-state index >= 15 is 0 Å². The van der Waals surface area contributed by atoms with Crippen LogP contribution in [-0.4, -0.2) is 39.0 Å². The van der Waals surface area contributed by atoms with Gasteiger partial charge in [0.2, 0.25) is 0 Å². The van der Waals surface area contributed by atoms with Crippen LogP contribution in [0.2, 0.25) is 0 Å². The number of ether oxygens (including phenoxy) is 4. The number of rotatable bonds is 9. The maximum atomic E-state index is 11.6. The Kier molecular flexibility index (Phi) is 7.04. The van der Waals surface area contributed by atoms with Gasteiger partial charge in [0.25, 0.3) is 0 Å². The van der Waals surface area contributed by atoms with Crippen molar-refractivity contribution in [2.45, 2.75) is 27.1 Å². The van der Waals surface area contributed by atoms with Gasteiger partial charge in [-0.2, -0.15) is 0 Å². The zero-order valence-electron chi connectivity index (χ0n) is 12.5. The van der Waals surface area contributed by atoms with Crippen molar-refractivity contribution in [1.82, 2.24) is 0 Å². The molecule has 0 fully saturated rings. The first-order chi connectivity index (χ1) is 9.62. The number of benzene rings is 1. The number of ketones is 1. The molecule has 0 amide bonds. The van der Waals surface area contributed by atoms with Gasteiger partial charge in [-0.15, -0.1) is 0 Å². The van der Waals surface area contributed by atoms with E-state index in [9.17, 15) is 4.79 Å². The molecule has 0 unspecified atom stereocenters. The van der Waals surface area contributed by atoms with Crippen molar-refractivity contribution in [2.24, 2.45) is 0 Å². The predicted octanol–water partition coefficient (Wildman–Crippen LogP) is 2.68. The van der Waals surface area contributed by atoms with Crippen molar-refractivity contribution in [2.75, 3.05) is 26.9 Å². The van der Waals surface area contributed by atoms with Gasteiger partial charge in [0.05, 0.1) is 12.7 Å². The molecule has 0 N–H and O–H groups in total. The van der Waals surface area contributed by atoms with Gasteiger partial charge >= 0.3 is 0 Å². The van der Waals surface area contributed by atoms with Crippen LogP contribution in [0.1, 0.15) is 31.1 Å². The number of hydrogen-bond acceptors (Lipinski definition) is 5. The molecule has 0 aliphatic carbocycles. The number of carbonyl (C=O) groups excluding carboxylic acids is 1. The van der Waals surface area contributed by atoms with Gasteiger partial charge in [-0.3, -0.25) is 4.79 Å². The summed E-state index contributed by atoms with van der Waals surface area (Å²) < 4.78 is 21.6. The van der Waals surface area contributed by atoms with E-state index in [4.69, 9.17) is 18.9 Å². The van der Waals surface area contributed by atoms with E-state index in [1.807, 2.05) is 13.8 Å². The largest absolute Gasteiger partial charge is 0.497 e. The summed E-state index contributed by atoms with van der Waals surface area (Å²) in [5.74, 6) is 1.04. The molecular weight excluding hydrogens is 260 g/mol. The quantitative estimate of drug-likeness (QED) is 0.515. The molecule has 5 nitrogen and oxygen atoms in total. The highest BCUT2D eigenvalue weighted by molar-refractivity contribution is 5.97. The number of Topliss-reactive ketones (excluding diaryl/α,β-unsaturated/α-hetero) is 1. The highest BCUT2D eigenvalue weighted by Gasteiger charge is 2.14. The fourth-order valence-electron chi connectivity index (χ4n) is 1.71. The molecule has 0 aromatic heterocycles. The lowest BCUT2D eigenvalue weighted by Gasteiger charge is -2.18. The minimum absolute atomic E-state index is 0.0629. The van der Waals surface area contributed by atoms with Crippen molar-refractivity contribution in [1.29, 1.82) is 0 Å². The summed E-state index contributed by atoms with van der Waals surface area (Å²) in [6, 6.07) is 5.10. The van der Waals surface area contributed by atoms with E-state index in [0.29, 0.717) is 30.3 Å². The average molecular weight is 282 g/mol. The lowest BCUT2D eigenvalue weighted by atomic mass is 10.1. The molecule has 1 rings (SSSR count). The maximum absolute atomic E-state index is 11.6. The van der Waals surface area contributed by atoms with Crippen molar-refractivity contribution >= 4 is 5.78 Å². The van der Waals surface area contributed by atoms with Crippen molar-refractivity contribution in [3.8, 4) is 11.5 Å². The third-order valence-electron chi connectivity index (χ3n) is 2.65. The molecule has 0 atom stereocenters. The molecule has 0 radical (unpaired) electrons. The molecule has 0 saturated heterocycles. The van der Waals surface area contributed by atoms with Gasteiger partial charge in [0.15, 0.2) is 12.1 Å². The molecule has 0 aliphatic heterocycles. The van der Waals surface area contributed by atoms with Crippen LogP contribution in [-0.2, 0) is 9.47 Å². The third-order valence-corrected chi connectivity index (χ3v) is 2.65. The van der Waals surface area contributed by atoms with Crippen LogP contribution in [0.15, 0.2) is 18.2 Å². The fourth-order valence-corrected chi connectivity index (χ4v) is 1.71. The molecule has 1 aromatic rings. The van der Waals surface area contributed by atoms with E-state index in [2.05, 4.69) is 0 Å². The zero-order chi connectivity index (χ0) is 15.0. The Bertz CT molecular complexity index is 424. The van der Waals surface area contributed by atoms with Crippen LogP contribution in [0.25, 0.3) is 0 Å². The van der Waals surface area contributed by atoms with Gasteiger partial charge in [-0.05, 0) is 32.9 Å². The number of hydrogen-bond donors (Lipinski definition) is 0. The second-order valence-corrected chi connectivity index (χ2v) is 4.07. The fraction of sp³-hybridized carbons (Fsp3) is 0.533. The zero-order valence-corrected chi connectivity index (χ0v) is 12.5. The molecule has 20 heavy (non-hydrogen) atoms. The van der Waals surface area contributed by atoms with Gasteiger partial charge in [0.1, 0.15) is 18.1 Å². The molecule has 1 aromatic carbocycles. The molecular formula is C15H22O5. The second kappa shape index (κ2) is 8.55. The SMILES string of the molecule is CCOC(COc1cc(OC)ccc1C(C)=O)OCC.